The number of hydrogen-bond acceptors (Lipinski definition) is 5. The quantitative estimate of drug-likeness (QED) is 0.323. The summed E-state index contributed by atoms with van der Waals surface area (Å²) in [5.74, 6) is -1.81. The molecular formula is C19H12Cl2FNO4. The average Bonchev–Trinajstić information content (AvgIpc) is 2.97. The Balaban J connectivity index is 2.06. The number of ketones is 1. The summed E-state index contributed by atoms with van der Waals surface area (Å²) in [5.41, 5.74) is 0.369. The van der Waals surface area contributed by atoms with Crippen LogP contribution in [0, 0.1) is 12.7 Å². The van der Waals surface area contributed by atoms with Crippen LogP contribution in [0.5, 0.6) is 5.75 Å². The second-order valence-electron chi connectivity index (χ2n) is 5.65. The first kappa shape index (κ1) is 19.1. The SMILES string of the molecule is CC(=O)c1cc(F)ccc1OC(=O)c1c(-c2c(Cl)cccc2Cl)noc1C. The fourth-order valence-electron chi connectivity index (χ4n) is 2.52. The monoisotopic (exact) mass is 407 g/mol. The van der Waals surface area contributed by atoms with Crippen LogP contribution in [0.3, 0.4) is 0 Å². The fourth-order valence-corrected chi connectivity index (χ4v) is 3.10. The Labute approximate surface area is 163 Å². The van der Waals surface area contributed by atoms with Crippen molar-refractivity contribution in [3.63, 3.8) is 0 Å². The molecule has 2 aromatic carbocycles. The first-order valence-corrected chi connectivity index (χ1v) is 8.48. The molecule has 3 aromatic rings. The topological polar surface area (TPSA) is 69.4 Å². The van der Waals surface area contributed by atoms with E-state index in [9.17, 15) is 14.0 Å². The number of aromatic nitrogens is 1. The molecule has 5 nitrogen and oxygen atoms in total. The van der Waals surface area contributed by atoms with Crippen molar-refractivity contribution in [1.82, 2.24) is 5.16 Å². The van der Waals surface area contributed by atoms with Gasteiger partial charge in [-0.1, -0.05) is 34.4 Å². The second-order valence-corrected chi connectivity index (χ2v) is 6.46. The van der Waals surface area contributed by atoms with Crippen molar-refractivity contribution in [2.24, 2.45) is 0 Å². The molecule has 1 heterocycles. The van der Waals surface area contributed by atoms with Crippen LogP contribution in [0.25, 0.3) is 11.3 Å². The third-order valence-corrected chi connectivity index (χ3v) is 4.42. The summed E-state index contributed by atoms with van der Waals surface area (Å²) in [6.07, 6.45) is 0. The summed E-state index contributed by atoms with van der Waals surface area (Å²) in [4.78, 5) is 24.5. The molecule has 0 radical (unpaired) electrons. The molecular weight excluding hydrogens is 396 g/mol. The van der Waals surface area contributed by atoms with Gasteiger partial charge in [-0.25, -0.2) is 9.18 Å². The largest absolute Gasteiger partial charge is 0.422 e. The lowest BCUT2D eigenvalue weighted by molar-refractivity contribution is 0.0731. The van der Waals surface area contributed by atoms with Crippen molar-refractivity contribution in [3.8, 4) is 17.0 Å². The zero-order chi connectivity index (χ0) is 19.7. The maximum Gasteiger partial charge on any atom is 0.349 e. The van der Waals surface area contributed by atoms with E-state index in [2.05, 4.69) is 5.16 Å². The minimum Gasteiger partial charge on any atom is -0.422 e. The van der Waals surface area contributed by atoms with E-state index in [1.54, 1.807) is 18.2 Å². The molecule has 0 atom stereocenters. The first-order chi connectivity index (χ1) is 12.8. The number of Topliss-reactive ketones (excluding diaryl/α,β-unsaturated/α-hetero) is 1. The maximum absolute atomic E-state index is 13.4. The maximum atomic E-state index is 13.4. The van der Waals surface area contributed by atoms with Crippen LogP contribution in [0.15, 0.2) is 40.9 Å². The second kappa shape index (κ2) is 7.50. The van der Waals surface area contributed by atoms with Crippen molar-refractivity contribution in [2.45, 2.75) is 13.8 Å². The highest BCUT2D eigenvalue weighted by atomic mass is 35.5. The summed E-state index contributed by atoms with van der Waals surface area (Å²) in [5, 5.41) is 4.42. The molecule has 3 rings (SSSR count). The van der Waals surface area contributed by atoms with Crippen molar-refractivity contribution in [3.05, 3.63) is 69.1 Å². The summed E-state index contributed by atoms with van der Waals surface area (Å²) >= 11 is 12.4. The molecule has 0 amide bonds. The Bertz CT molecular complexity index is 1040. The molecule has 0 saturated heterocycles. The Morgan fingerprint density at radius 3 is 2.44 bits per heavy atom. The van der Waals surface area contributed by atoms with E-state index in [-0.39, 0.29) is 38.4 Å². The minimum absolute atomic E-state index is 0.00354. The van der Waals surface area contributed by atoms with Crippen molar-refractivity contribution in [2.75, 3.05) is 0 Å². The number of aryl methyl sites for hydroxylation is 1. The van der Waals surface area contributed by atoms with E-state index in [4.69, 9.17) is 32.5 Å². The molecule has 0 fully saturated rings. The standard InChI is InChI=1S/C19H12Cl2FNO4/c1-9(24)12-8-11(22)6-7-15(12)26-19(25)16-10(2)27-23-18(16)17-13(20)4-3-5-14(17)21/h3-8H,1-2H3. The van der Waals surface area contributed by atoms with Gasteiger partial charge in [-0.15, -0.1) is 0 Å². The lowest BCUT2D eigenvalue weighted by atomic mass is 10.1. The van der Waals surface area contributed by atoms with Crippen molar-refractivity contribution < 1.29 is 23.2 Å². The van der Waals surface area contributed by atoms with Gasteiger partial charge >= 0.3 is 5.97 Å². The highest BCUT2D eigenvalue weighted by Gasteiger charge is 2.27. The molecule has 0 unspecified atom stereocenters. The summed E-state index contributed by atoms with van der Waals surface area (Å²) in [7, 11) is 0. The summed E-state index contributed by atoms with van der Waals surface area (Å²) in [6, 6.07) is 8.12. The molecule has 0 aliphatic rings. The molecule has 0 aliphatic heterocycles. The Hall–Kier alpha value is -2.70. The summed E-state index contributed by atoms with van der Waals surface area (Å²) in [6.45, 7) is 2.76. The number of benzene rings is 2. The van der Waals surface area contributed by atoms with Crippen LogP contribution in [-0.2, 0) is 0 Å². The third-order valence-electron chi connectivity index (χ3n) is 3.79. The van der Waals surface area contributed by atoms with Crippen molar-refractivity contribution >= 4 is 35.0 Å². The van der Waals surface area contributed by atoms with Gasteiger partial charge in [0.1, 0.15) is 28.6 Å². The number of carbonyl (C=O) groups is 2. The normalized spacial score (nSPS) is 10.7. The van der Waals surface area contributed by atoms with Gasteiger partial charge in [0.15, 0.2) is 5.78 Å². The lowest BCUT2D eigenvalue weighted by Crippen LogP contribution is -2.13. The molecule has 1 aromatic heterocycles. The van der Waals surface area contributed by atoms with E-state index in [1.807, 2.05) is 0 Å². The predicted octanol–water partition coefficient (Wildman–Crippen LogP) is 5.52. The Kier molecular flexibility index (Phi) is 5.30. The zero-order valence-corrected chi connectivity index (χ0v) is 15.7. The first-order valence-electron chi connectivity index (χ1n) is 7.73. The molecule has 138 valence electrons. The van der Waals surface area contributed by atoms with Gasteiger partial charge in [-0.05, 0) is 44.2 Å². The number of hydrogen-bond donors (Lipinski definition) is 0. The number of esters is 1. The highest BCUT2D eigenvalue weighted by Crippen LogP contribution is 2.37. The molecule has 0 N–H and O–H groups in total. The van der Waals surface area contributed by atoms with Gasteiger partial charge in [0.2, 0.25) is 0 Å². The van der Waals surface area contributed by atoms with Crippen LogP contribution in [0.2, 0.25) is 10.0 Å². The van der Waals surface area contributed by atoms with E-state index in [1.165, 1.54) is 19.9 Å². The van der Waals surface area contributed by atoms with Crippen LogP contribution in [0.4, 0.5) is 4.39 Å². The van der Waals surface area contributed by atoms with Gasteiger partial charge in [-0.3, -0.25) is 4.79 Å². The Morgan fingerprint density at radius 1 is 1.15 bits per heavy atom. The number of rotatable bonds is 4. The van der Waals surface area contributed by atoms with Gasteiger partial charge in [-0.2, -0.15) is 0 Å². The average molecular weight is 408 g/mol. The highest BCUT2D eigenvalue weighted by molar-refractivity contribution is 6.39. The number of ether oxygens (including phenoxy) is 1. The summed E-state index contributed by atoms with van der Waals surface area (Å²) < 4.78 is 23.8. The number of carbonyl (C=O) groups excluding carboxylic acids is 2. The van der Waals surface area contributed by atoms with Crippen LogP contribution in [-0.4, -0.2) is 16.9 Å². The predicted molar refractivity (Wildman–Crippen MR) is 98.1 cm³/mol. The van der Waals surface area contributed by atoms with E-state index < -0.39 is 17.6 Å². The number of halogens is 3. The van der Waals surface area contributed by atoms with Crippen LogP contribution >= 0.6 is 23.2 Å². The van der Waals surface area contributed by atoms with E-state index in [0.717, 1.165) is 12.1 Å². The molecule has 8 heteroatoms. The van der Waals surface area contributed by atoms with E-state index in [0.29, 0.717) is 5.56 Å². The van der Waals surface area contributed by atoms with Gasteiger partial charge in [0.05, 0.1) is 15.6 Å². The lowest BCUT2D eigenvalue weighted by Gasteiger charge is -2.09. The number of nitrogens with zero attached hydrogens (tertiary/aromatic N) is 1. The van der Waals surface area contributed by atoms with Gasteiger partial charge in [0.25, 0.3) is 0 Å². The van der Waals surface area contributed by atoms with Gasteiger partial charge < -0.3 is 9.26 Å². The van der Waals surface area contributed by atoms with Crippen molar-refractivity contribution in [1.29, 1.82) is 0 Å². The van der Waals surface area contributed by atoms with Crippen LogP contribution in [0.1, 0.15) is 33.4 Å². The Morgan fingerprint density at radius 2 is 1.81 bits per heavy atom. The van der Waals surface area contributed by atoms with Gasteiger partial charge in [0, 0.05) is 5.56 Å². The zero-order valence-electron chi connectivity index (χ0n) is 14.2. The fraction of sp³-hybridized carbons (Fsp3) is 0.105. The smallest absolute Gasteiger partial charge is 0.349 e. The molecule has 0 bridgehead atoms. The van der Waals surface area contributed by atoms with Crippen LogP contribution < -0.4 is 4.74 Å². The minimum atomic E-state index is -0.839. The van der Waals surface area contributed by atoms with E-state index >= 15 is 0 Å². The molecule has 0 aliphatic carbocycles. The third kappa shape index (κ3) is 3.72. The molecule has 27 heavy (non-hydrogen) atoms. The molecule has 0 saturated carbocycles. The molecule has 0 spiro atoms.